The number of aryl methyl sites for hydroxylation is 1. The number of hydrogen-bond acceptors (Lipinski definition) is 3. The summed E-state index contributed by atoms with van der Waals surface area (Å²) >= 11 is 0. The zero-order valence-corrected chi connectivity index (χ0v) is 12.4. The first kappa shape index (κ1) is 16.0. The molecule has 0 saturated heterocycles. The van der Waals surface area contributed by atoms with E-state index in [0.29, 0.717) is 6.42 Å². The Morgan fingerprint density at radius 2 is 1.80 bits per heavy atom. The molecule has 1 aromatic rings. The van der Waals surface area contributed by atoms with Gasteiger partial charge in [-0.05, 0) is 33.3 Å². The van der Waals surface area contributed by atoms with Crippen LogP contribution in [0.3, 0.4) is 0 Å². The molecule has 0 fully saturated rings. The number of amides is 2. The molecule has 0 aliphatic rings. The average molecular weight is 278 g/mol. The molecule has 0 aliphatic heterocycles. The van der Waals surface area contributed by atoms with Crippen LogP contribution < -0.4 is 11.1 Å². The Morgan fingerprint density at radius 3 is 2.25 bits per heavy atom. The maximum absolute atomic E-state index is 11.7. The molecule has 0 aromatic heterocycles. The SMILES string of the molecule is Cc1ccc(C[C@H](NC(=O)OC(C)(C)C)C(N)=O)cc1. The number of rotatable bonds is 4. The molecule has 0 radical (unpaired) electrons. The molecule has 5 heteroatoms. The summed E-state index contributed by atoms with van der Waals surface area (Å²) in [5.41, 5.74) is 6.76. The largest absolute Gasteiger partial charge is 0.444 e. The predicted molar refractivity (Wildman–Crippen MR) is 77.2 cm³/mol. The molecule has 1 aromatic carbocycles. The van der Waals surface area contributed by atoms with Gasteiger partial charge in [0, 0.05) is 6.42 Å². The first-order valence-electron chi connectivity index (χ1n) is 6.52. The van der Waals surface area contributed by atoms with E-state index in [0.717, 1.165) is 11.1 Å². The quantitative estimate of drug-likeness (QED) is 0.882. The van der Waals surface area contributed by atoms with Gasteiger partial charge in [-0.2, -0.15) is 0 Å². The van der Waals surface area contributed by atoms with Crippen LogP contribution in [-0.4, -0.2) is 23.6 Å². The Labute approximate surface area is 119 Å². The number of ether oxygens (including phenoxy) is 1. The van der Waals surface area contributed by atoms with Crippen LogP contribution in [-0.2, 0) is 16.0 Å². The fourth-order valence-corrected chi connectivity index (χ4v) is 1.63. The lowest BCUT2D eigenvalue weighted by atomic mass is 10.0. The van der Waals surface area contributed by atoms with Crippen molar-refractivity contribution in [1.29, 1.82) is 0 Å². The molecular weight excluding hydrogens is 256 g/mol. The maximum Gasteiger partial charge on any atom is 0.408 e. The van der Waals surface area contributed by atoms with E-state index in [4.69, 9.17) is 10.5 Å². The number of benzene rings is 1. The van der Waals surface area contributed by atoms with Gasteiger partial charge in [0.25, 0.3) is 0 Å². The topological polar surface area (TPSA) is 81.4 Å². The molecule has 0 bridgehead atoms. The molecule has 110 valence electrons. The predicted octanol–water partition coefficient (Wildman–Crippen LogP) is 1.92. The van der Waals surface area contributed by atoms with Crippen LogP contribution in [0.1, 0.15) is 31.9 Å². The first-order valence-corrected chi connectivity index (χ1v) is 6.52. The van der Waals surface area contributed by atoms with E-state index in [9.17, 15) is 9.59 Å². The number of carbonyl (C=O) groups excluding carboxylic acids is 2. The van der Waals surface area contributed by atoms with E-state index in [1.165, 1.54) is 0 Å². The van der Waals surface area contributed by atoms with Crippen molar-refractivity contribution in [2.75, 3.05) is 0 Å². The van der Waals surface area contributed by atoms with Crippen LogP contribution in [0, 0.1) is 6.92 Å². The number of alkyl carbamates (subject to hydrolysis) is 1. The van der Waals surface area contributed by atoms with Gasteiger partial charge in [-0.3, -0.25) is 4.79 Å². The second-order valence-corrected chi connectivity index (χ2v) is 5.79. The number of carbonyl (C=O) groups is 2. The van der Waals surface area contributed by atoms with E-state index in [1.807, 2.05) is 31.2 Å². The van der Waals surface area contributed by atoms with Gasteiger partial charge in [0.1, 0.15) is 11.6 Å². The smallest absolute Gasteiger partial charge is 0.408 e. The fraction of sp³-hybridized carbons (Fsp3) is 0.467. The van der Waals surface area contributed by atoms with Gasteiger partial charge in [0.15, 0.2) is 0 Å². The van der Waals surface area contributed by atoms with Gasteiger partial charge in [0.05, 0.1) is 0 Å². The highest BCUT2D eigenvalue weighted by Gasteiger charge is 2.22. The van der Waals surface area contributed by atoms with Crippen molar-refractivity contribution in [1.82, 2.24) is 5.32 Å². The Balaban J connectivity index is 2.68. The summed E-state index contributed by atoms with van der Waals surface area (Å²) in [6.07, 6.45) is -0.303. The summed E-state index contributed by atoms with van der Waals surface area (Å²) < 4.78 is 5.12. The number of primary amides is 1. The van der Waals surface area contributed by atoms with Gasteiger partial charge >= 0.3 is 6.09 Å². The minimum atomic E-state index is -0.785. The zero-order chi connectivity index (χ0) is 15.3. The summed E-state index contributed by atoms with van der Waals surface area (Å²) in [5, 5.41) is 2.50. The van der Waals surface area contributed by atoms with E-state index < -0.39 is 23.6 Å². The van der Waals surface area contributed by atoms with Crippen LogP contribution in [0.2, 0.25) is 0 Å². The third-order valence-electron chi connectivity index (χ3n) is 2.59. The number of hydrogen-bond donors (Lipinski definition) is 2. The fourth-order valence-electron chi connectivity index (χ4n) is 1.63. The molecule has 1 atom stereocenters. The number of nitrogens with two attached hydrogens (primary N) is 1. The first-order chi connectivity index (χ1) is 9.17. The molecule has 3 N–H and O–H groups in total. The summed E-state index contributed by atoms with van der Waals surface area (Å²) in [6, 6.07) is 6.92. The summed E-state index contributed by atoms with van der Waals surface area (Å²) in [4.78, 5) is 23.1. The van der Waals surface area contributed by atoms with Crippen LogP contribution in [0.25, 0.3) is 0 Å². The average Bonchev–Trinajstić information content (AvgIpc) is 2.28. The van der Waals surface area contributed by atoms with Crippen molar-refractivity contribution >= 4 is 12.0 Å². The molecule has 0 aliphatic carbocycles. The molecule has 5 nitrogen and oxygen atoms in total. The van der Waals surface area contributed by atoms with Crippen LogP contribution in [0.4, 0.5) is 4.79 Å². The molecule has 0 saturated carbocycles. The Morgan fingerprint density at radius 1 is 1.25 bits per heavy atom. The number of nitrogens with one attached hydrogen (secondary N) is 1. The van der Waals surface area contributed by atoms with Crippen molar-refractivity contribution in [3.05, 3.63) is 35.4 Å². The van der Waals surface area contributed by atoms with Crippen molar-refractivity contribution in [2.24, 2.45) is 5.73 Å². The lowest BCUT2D eigenvalue weighted by molar-refractivity contribution is -0.120. The van der Waals surface area contributed by atoms with Crippen molar-refractivity contribution < 1.29 is 14.3 Å². The molecule has 1 rings (SSSR count). The molecule has 0 unspecified atom stereocenters. The monoisotopic (exact) mass is 278 g/mol. The Kier molecular flexibility index (Phi) is 5.13. The third kappa shape index (κ3) is 5.73. The molecule has 0 spiro atoms. The molecule has 20 heavy (non-hydrogen) atoms. The second-order valence-electron chi connectivity index (χ2n) is 5.79. The van der Waals surface area contributed by atoms with E-state index in [2.05, 4.69) is 5.32 Å². The van der Waals surface area contributed by atoms with E-state index >= 15 is 0 Å². The van der Waals surface area contributed by atoms with E-state index in [1.54, 1.807) is 20.8 Å². The highest BCUT2D eigenvalue weighted by atomic mass is 16.6. The third-order valence-corrected chi connectivity index (χ3v) is 2.59. The molecular formula is C15H22N2O3. The maximum atomic E-state index is 11.7. The van der Waals surface area contributed by atoms with Crippen molar-refractivity contribution in [3.8, 4) is 0 Å². The van der Waals surface area contributed by atoms with Crippen LogP contribution in [0.5, 0.6) is 0 Å². The van der Waals surface area contributed by atoms with Crippen molar-refractivity contribution in [3.63, 3.8) is 0 Å². The highest BCUT2D eigenvalue weighted by Crippen LogP contribution is 2.09. The standard InChI is InChI=1S/C15H22N2O3/c1-10-5-7-11(8-6-10)9-12(13(16)18)17-14(19)20-15(2,3)4/h5-8,12H,9H2,1-4H3,(H2,16,18)(H,17,19)/t12-/m0/s1. The van der Waals surface area contributed by atoms with Gasteiger partial charge < -0.3 is 15.8 Å². The summed E-state index contributed by atoms with van der Waals surface area (Å²) in [7, 11) is 0. The Bertz CT molecular complexity index is 475. The van der Waals surface area contributed by atoms with Crippen LogP contribution >= 0.6 is 0 Å². The van der Waals surface area contributed by atoms with Gasteiger partial charge in [-0.1, -0.05) is 29.8 Å². The van der Waals surface area contributed by atoms with Gasteiger partial charge in [0.2, 0.25) is 5.91 Å². The molecule has 0 heterocycles. The normalized spacial score (nSPS) is 12.6. The van der Waals surface area contributed by atoms with Gasteiger partial charge in [-0.15, -0.1) is 0 Å². The van der Waals surface area contributed by atoms with Crippen molar-refractivity contribution in [2.45, 2.75) is 45.8 Å². The Hall–Kier alpha value is -2.04. The summed E-state index contributed by atoms with van der Waals surface area (Å²) in [5.74, 6) is -0.587. The second kappa shape index (κ2) is 6.41. The molecule has 2 amide bonds. The van der Waals surface area contributed by atoms with E-state index in [-0.39, 0.29) is 0 Å². The minimum Gasteiger partial charge on any atom is -0.444 e. The lowest BCUT2D eigenvalue weighted by Gasteiger charge is -2.22. The summed E-state index contributed by atoms with van der Waals surface area (Å²) in [6.45, 7) is 7.25. The highest BCUT2D eigenvalue weighted by molar-refractivity contribution is 5.84. The zero-order valence-electron chi connectivity index (χ0n) is 12.4. The van der Waals surface area contributed by atoms with Gasteiger partial charge in [-0.25, -0.2) is 4.79 Å². The van der Waals surface area contributed by atoms with Crippen LogP contribution in [0.15, 0.2) is 24.3 Å². The lowest BCUT2D eigenvalue weighted by Crippen LogP contribution is -2.47. The minimum absolute atomic E-state index is 0.342.